The zero-order valence-electron chi connectivity index (χ0n) is 8.24. The van der Waals surface area contributed by atoms with Crippen molar-refractivity contribution in [1.82, 2.24) is 0 Å². The normalized spacial score (nSPS) is 10.2. The van der Waals surface area contributed by atoms with E-state index in [2.05, 4.69) is 6.58 Å². The second-order valence-electron chi connectivity index (χ2n) is 3.28. The van der Waals surface area contributed by atoms with Crippen LogP contribution in [0.15, 0.2) is 42.3 Å². The predicted molar refractivity (Wildman–Crippen MR) is 63.6 cm³/mol. The Morgan fingerprint density at radius 1 is 1.20 bits per heavy atom. The maximum Gasteiger partial charge on any atom is 0.126 e. The number of hydrogen-bond donors (Lipinski definition) is 0. The van der Waals surface area contributed by atoms with E-state index < -0.39 is 0 Å². The monoisotopic (exact) mass is 218 g/mol. The highest BCUT2D eigenvalue weighted by Crippen LogP contribution is 2.22. The summed E-state index contributed by atoms with van der Waals surface area (Å²) in [4.78, 5) is 1.12. The zero-order chi connectivity index (χ0) is 10.7. The molecule has 0 aliphatic heterocycles. The highest BCUT2D eigenvalue weighted by Gasteiger charge is 2.05. The molecular formula is C13H11FS. The Morgan fingerprint density at radius 2 is 2.00 bits per heavy atom. The molecule has 0 nitrogen and oxygen atoms in total. The zero-order valence-corrected chi connectivity index (χ0v) is 9.06. The second kappa shape index (κ2) is 4.41. The van der Waals surface area contributed by atoms with Crippen LogP contribution in [-0.2, 0) is 6.42 Å². The van der Waals surface area contributed by atoms with Crippen LogP contribution in [0, 0.1) is 5.82 Å². The molecule has 0 aliphatic carbocycles. The summed E-state index contributed by atoms with van der Waals surface area (Å²) in [5, 5.41) is 2.01. The van der Waals surface area contributed by atoms with E-state index in [0.717, 1.165) is 16.0 Å². The lowest BCUT2D eigenvalue weighted by Gasteiger charge is -2.02. The van der Waals surface area contributed by atoms with Crippen LogP contribution < -0.4 is 0 Å². The van der Waals surface area contributed by atoms with Gasteiger partial charge in [-0.3, -0.25) is 0 Å². The third-order valence-electron chi connectivity index (χ3n) is 2.30. The van der Waals surface area contributed by atoms with Crippen LogP contribution >= 0.6 is 11.3 Å². The lowest BCUT2D eigenvalue weighted by atomic mass is 10.1. The van der Waals surface area contributed by atoms with Crippen molar-refractivity contribution in [3.63, 3.8) is 0 Å². The molecule has 0 bridgehead atoms. The summed E-state index contributed by atoms with van der Waals surface area (Å²) in [7, 11) is 0. The number of thiophene rings is 1. The third-order valence-corrected chi connectivity index (χ3v) is 3.26. The summed E-state index contributed by atoms with van der Waals surface area (Å²) in [6.45, 7) is 3.74. The molecule has 0 radical (unpaired) electrons. The average Bonchev–Trinajstić information content (AvgIpc) is 2.69. The maximum absolute atomic E-state index is 13.4. The first-order valence-corrected chi connectivity index (χ1v) is 5.61. The molecule has 1 heterocycles. The van der Waals surface area contributed by atoms with Crippen molar-refractivity contribution in [2.45, 2.75) is 6.42 Å². The summed E-state index contributed by atoms with van der Waals surface area (Å²) in [5.74, 6) is -0.140. The minimum absolute atomic E-state index is 0.140. The fourth-order valence-corrected chi connectivity index (χ4v) is 2.29. The first-order valence-electron chi connectivity index (χ1n) is 4.73. The largest absolute Gasteiger partial charge is 0.207 e. The Labute approximate surface area is 92.7 Å². The molecule has 0 saturated heterocycles. The number of benzene rings is 1. The fourth-order valence-electron chi connectivity index (χ4n) is 1.52. The highest BCUT2D eigenvalue weighted by molar-refractivity contribution is 7.11. The standard InChI is InChI=1S/C13H11FS/c1-2-13-11(7-8-15-13)9-10-5-3-4-6-12(10)14/h2-8H,1,9H2. The molecule has 0 N–H and O–H groups in total. The van der Waals surface area contributed by atoms with E-state index in [1.807, 2.05) is 29.7 Å². The van der Waals surface area contributed by atoms with Crippen molar-refractivity contribution < 1.29 is 4.39 Å². The smallest absolute Gasteiger partial charge is 0.126 e. The Balaban J connectivity index is 2.29. The van der Waals surface area contributed by atoms with Gasteiger partial charge in [0.15, 0.2) is 0 Å². The molecular weight excluding hydrogens is 207 g/mol. The van der Waals surface area contributed by atoms with Crippen LogP contribution in [-0.4, -0.2) is 0 Å². The summed E-state index contributed by atoms with van der Waals surface area (Å²) in [6.07, 6.45) is 2.46. The molecule has 0 atom stereocenters. The summed E-state index contributed by atoms with van der Waals surface area (Å²) in [6, 6.07) is 8.91. The summed E-state index contributed by atoms with van der Waals surface area (Å²) in [5.41, 5.74) is 1.87. The molecule has 0 saturated carbocycles. The molecule has 2 aromatic rings. The minimum atomic E-state index is -0.140. The van der Waals surface area contributed by atoms with Gasteiger partial charge in [-0.2, -0.15) is 0 Å². The molecule has 0 spiro atoms. The molecule has 76 valence electrons. The van der Waals surface area contributed by atoms with Crippen LogP contribution in [0.5, 0.6) is 0 Å². The average molecular weight is 218 g/mol. The lowest BCUT2D eigenvalue weighted by Crippen LogP contribution is -1.91. The van der Waals surface area contributed by atoms with E-state index in [4.69, 9.17) is 0 Å². The van der Waals surface area contributed by atoms with Gasteiger partial charge in [0, 0.05) is 11.3 Å². The fraction of sp³-hybridized carbons (Fsp3) is 0.0769. The molecule has 0 amide bonds. The van der Waals surface area contributed by atoms with Gasteiger partial charge in [-0.25, -0.2) is 4.39 Å². The van der Waals surface area contributed by atoms with E-state index >= 15 is 0 Å². The van der Waals surface area contributed by atoms with Gasteiger partial charge in [0.05, 0.1) is 0 Å². The van der Waals surface area contributed by atoms with Crippen LogP contribution in [0.1, 0.15) is 16.0 Å². The van der Waals surface area contributed by atoms with E-state index in [1.54, 1.807) is 17.4 Å². The Morgan fingerprint density at radius 3 is 2.73 bits per heavy atom. The van der Waals surface area contributed by atoms with Crippen molar-refractivity contribution in [2.75, 3.05) is 0 Å². The van der Waals surface area contributed by atoms with Crippen LogP contribution in [0.25, 0.3) is 6.08 Å². The van der Waals surface area contributed by atoms with E-state index in [-0.39, 0.29) is 5.82 Å². The lowest BCUT2D eigenvalue weighted by molar-refractivity contribution is 0.614. The molecule has 15 heavy (non-hydrogen) atoms. The first-order chi connectivity index (χ1) is 7.31. The number of hydrogen-bond acceptors (Lipinski definition) is 1. The summed E-state index contributed by atoms with van der Waals surface area (Å²) >= 11 is 1.63. The van der Waals surface area contributed by atoms with Gasteiger partial charge < -0.3 is 0 Å². The van der Waals surface area contributed by atoms with Gasteiger partial charge in [0.2, 0.25) is 0 Å². The van der Waals surface area contributed by atoms with E-state index in [1.165, 1.54) is 6.07 Å². The highest BCUT2D eigenvalue weighted by atomic mass is 32.1. The van der Waals surface area contributed by atoms with Crippen molar-refractivity contribution in [2.24, 2.45) is 0 Å². The van der Waals surface area contributed by atoms with Crippen LogP contribution in [0.3, 0.4) is 0 Å². The maximum atomic E-state index is 13.4. The molecule has 2 heteroatoms. The van der Waals surface area contributed by atoms with Crippen molar-refractivity contribution in [1.29, 1.82) is 0 Å². The first kappa shape index (κ1) is 10.1. The summed E-state index contributed by atoms with van der Waals surface area (Å²) < 4.78 is 13.4. The number of rotatable bonds is 3. The predicted octanol–water partition coefficient (Wildman–Crippen LogP) is 4.12. The van der Waals surface area contributed by atoms with Gasteiger partial charge in [-0.15, -0.1) is 11.3 Å². The van der Waals surface area contributed by atoms with Gasteiger partial charge in [0.25, 0.3) is 0 Å². The molecule has 1 aromatic heterocycles. The van der Waals surface area contributed by atoms with E-state index in [9.17, 15) is 4.39 Å². The van der Waals surface area contributed by atoms with Gasteiger partial charge in [-0.1, -0.05) is 30.9 Å². The van der Waals surface area contributed by atoms with Crippen molar-refractivity contribution in [3.05, 3.63) is 64.1 Å². The molecule has 0 fully saturated rings. The third kappa shape index (κ3) is 2.16. The van der Waals surface area contributed by atoms with Crippen molar-refractivity contribution >= 4 is 17.4 Å². The SMILES string of the molecule is C=Cc1sccc1Cc1ccccc1F. The van der Waals surface area contributed by atoms with Gasteiger partial charge >= 0.3 is 0 Å². The van der Waals surface area contributed by atoms with Crippen LogP contribution in [0.4, 0.5) is 4.39 Å². The minimum Gasteiger partial charge on any atom is -0.207 e. The van der Waals surface area contributed by atoms with Gasteiger partial charge in [-0.05, 0) is 28.6 Å². The van der Waals surface area contributed by atoms with E-state index in [0.29, 0.717) is 6.42 Å². The van der Waals surface area contributed by atoms with Crippen LogP contribution in [0.2, 0.25) is 0 Å². The number of halogens is 1. The quantitative estimate of drug-likeness (QED) is 0.727. The Kier molecular flexibility index (Phi) is 2.97. The molecule has 0 aliphatic rings. The van der Waals surface area contributed by atoms with Gasteiger partial charge in [0.1, 0.15) is 5.82 Å². The van der Waals surface area contributed by atoms with Crippen molar-refractivity contribution in [3.8, 4) is 0 Å². The molecule has 0 unspecified atom stereocenters. The molecule has 2 rings (SSSR count). The Bertz CT molecular complexity index is 471. The Hall–Kier alpha value is -1.41. The molecule has 1 aromatic carbocycles. The topological polar surface area (TPSA) is 0 Å². The second-order valence-corrected chi connectivity index (χ2v) is 4.23.